The first-order chi connectivity index (χ1) is 18.2. The Morgan fingerprint density at radius 3 is 2.53 bits per heavy atom. The van der Waals surface area contributed by atoms with E-state index in [1.807, 2.05) is 15.5 Å². The molecule has 3 aromatic rings. The predicted octanol–water partition coefficient (Wildman–Crippen LogP) is 4.49. The molecule has 6 rings (SSSR count). The molecule has 3 aliphatic rings. The van der Waals surface area contributed by atoms with Gasteiger partial charge in [0, 0.05) is 36.6 Å². The Bertz CT molecular complexity index is 1350. The fourth-order valence-electron chi connectivity index (χ4n) is 5.56. The van der Waals surface area contributed by atoms with Crippen molar-refractivity contribution in [2.45, 2.75) is 43.6 Å². The van der Waals surface area contributed by atoms with Crippen LogP contribution in [0.25, 0.3) is 5.69 Å². The highest BCUT2D eigenvalue weighted by atomic mass is 35.5. The Morgan fingerprint density at radius 2 is 1.87 bits per heavy atom. The van der Waals surface area contributed by atoms with Crippen molar-refractivity contribution in [2.75, 3.05) is 38.3 Å². The molecule has 5 heterocycles. The minimum atomic E-state index is -4.47. The molecular formula is C25H25ClF4N6O2. The zero-order valence-electron chi connectivity index (χ0n) is 20.5. The topological polar surface area (TPSA) is 68.5 Å². The van der Waals surface area contributed by atoms with Crippen molar-refractivity contribution >= 4 is 17.4 Å². The number of nitrogens with zero attached hydrogens (tertiary/aromatic N) is 6. The first-order valence-electron chi connectivity index (χ1n) is 12.3. The van der Waals surface area contributed by atoms with Gasteiger partial charge in [-0.25, -0.2) is 9.37 Å². The zero-order chi connectivity index (χ0) is 26.7. The molecule has 0 saturated carbocycles. The van der Waals surface area contributed by atoms with Gasteiger partial charge in [0.05, 0.1) is 38.8 Å². The van der Waals surface area contributed by atoms with E-state index < -0.39 is 30.7 Å². The number of fused-ring (bicyclic) bond motifs is 3. The molecule has 0 N–H and O–H groups in total. The van der Waals surface area contributed by atoms with E-state index in [0.29, 0.717) is 59.7 Å². The predicted molar refractivity (Wildman–Crippen MR) is 130 cm³/mol. The van der Waals surface area contributed by atoms with Gasteiger partial charge in [-0.3, -0.25) is 9.47 Å². The summed E-state index contributed by atoms with van der Waals surface area (Å²) in [6, 6.07) is 6.56. The van der Waals surface area contributed by atoms with Crippen molar-refractivity contribution < 1.29 is 27.0 Å². The Labute approximate surface area is 221 Å². The summed E-state index contributed by atoms with van der Waals surface area (Å²) in [6.45, 7) is 0.416. The van der Waals surface area contributed by atoms with Gasteiger partial charge >= 0.3 is 6.18 Å². The highest BCUT2D eigenvalue weighted by Gasteiger charge is 2.64. The number of hydrogen-bond donors (Lipinski definition) is 0. The van der Waals surface area contributed by atoms with Gasteiger partial charge in [-0.2, -0.15) is 13.2 Å². The van der Waals surface area contributed by atoms with Crippen LogP contribution < -0.4 is 9.64 Å². The smallest absolute Gasteiger partial charge is 0.411 e. The van der Waals surface area contributed by atoms with Crippen molar-refractivity contribution in [1.29, 1.82) is 0 Å². The lowest BCUT2D eigenvalue weighted by Crippen LogP contribution is -2.69. The van der Waals surface area contributed by atoms with E-state index in [2.05, 4.69) is 15.2 Å². The molecule has 1 aromatic carbocycles. The van der Waals surface area contributed by atoms with Crippen LogP contribution in [0.2, 0.25) is 5.02 Å². The quantitative estimate of drug-likeness (QED) is 0.442. The number of halogens is 5. The van der Waals surface area contributed by atoms with E-state index in [-0.39, 0.29) is 19.0 Å². The maximum absolute atomic E-state index is 14.2. The summed E-state index contributed by atoms with van der Waals surface area (Å²) >= 11 is 6.28. The van der Waals surface area contributed by atoms with Gasteiger partial charge < -0.3 is 14.4 Å². The molecule has 0 aliphatic carbocycles. The number of ether oxygens (including phenoxy) is 2. The second-order valence-electron chi connectivity index (χ2n) is 9.90. The molecule has 13 heteroatoms. The second-order valence-corrected chi connectivity index (χ2v) is 10.3. The van der Waals surface area contributed by atoms with Gasteiger partial charge in [-0.15, -0.1) is 10.2 Å². The molecule has 0 radical (unpaired) electrons. The first kappa shape index (κ1) is 25.3. The van der Waals surface area contributed by atoms with Crippen LogP contribution in [0.1, 0.15) is 36.0 Å². The third-order valence-corrected chi connectivity index (χ3v) is 7.96. The number of anilines is 1. The van der Waals surface area contributed by atoms with Crippen molar-refractivity contribution in [2.24, 2.45) is 0 Å². The number of aromatic nitrogens is 4. The number of pyridine rings is 1. The summed E-state index contributed by atoms with van der Waals surface area (Å²) in [4.78, 5) is 7.64. The van der Waals surface area contributed by atoms with Gasteiger partial charge in [-0.05, 0) is 36.6 Å². The molecule has 202 valence electrons. The van der Waals surface area contributed by atoms with Crippen LogP contribution in [0, 0.1) is 5.82 Å². The lowest BCUT2D eigenvalue weighted by Gasteiger charge is -2.49. The Hall–Kier alpha value is -2.96. The maximum atomic E-state index is 14.2. The number of hydrogen-bond acceptors (Lipinski definition) is 7. The highest BCUT2D eigenvalue weighted by molar-refractivity contribution is 6.30. The SMILES string of the molecule is COc1cc(F)cnc1N1CCC(c2nnc3n2-c2ccc(Cl)cc2CN(C2(C(F)(F)F)COC2)C3)CC1. The standard InChI is InChI=1S/C25H25ClF4N6O2/c1-37-20-9-18(27)10-31-23(20)34-6-4-15(5-7-34)22-33-32-21-12-35(24(13-38-14-24)25(28,29)30)11-16-8-17(26)2-3-19(16)36(21)22/h2-3,8-10,15H,4-7,11-14H2,1H3. The van der Waals surface area contributed by atoms with Gasteiger partial charge in [0.1, 0.15) is 11.6 Å². The molecule has 0 spiro atoms. The monoisotopic (exact) mass is 552 g/mol. The van der Waals surface area contributed by atoms with Gasteiger partial charge in [0.2, 0.25) is 0 Å². The largest absolute Gasteiger partial charge is 0.493 e. The number of alkyl halides is 3. The van der Waals surface area contributed by atoms with Crippen LogP contribution in [0.4, 0.5) is 23.4 Å². The maximum Gasteiger partial charge on any atom is 0.411 e. The summed E-state index contributed by atoms with van der Waals surface area (Å²) in [5.74, 6) is 1.63. The van der Waals surface area contributed by atoms with Crippen molar-refractivity contribution in [3.63, 3.8) is 0 Å². The molecule has 2 aromatic heterocycles. The van der Waals surface area contributed by atoms with E-state index >= 15 is 0 Å². The average Bonchev–Trinajstić information content (AvgIpc) is 3.18. The molecule has 0 amide bonds. The summed E-state index contributed by atoms with van der Waals surface area (Å²) in [6.07, 6.45) is -1.90. The summed E-state index contributed by atoms with van der Waals surface area (Å²) in [5.41, 5.74) is -0.681. The highest BCUT2D eigenvalue weighted by Crippen LogP contribution is 2.44. The fraction of sp³-hybridized carbons (Fsp3) is 0.480. The first-order valence-corrected chi connectivity index (χ1v) is 12.6. The van der Waals surface area contributed by atoms with Crippen LogP contribution in [-0.2, 0) is 17.8 Å². The molecular weight excluding hydrogens is 528 g/mol. The number of rotatable bonds is 4. The van der Waals surface area contributed by atoms with Crippen LogP contribution >= 0.6 is 11.6 Å². The second kappa shape index (κ2) is 9.35. The molecule has 2 fully saturated rings. The van der Waals surface area contributed by atoms with Crippen molar-refractivity contribution in [1.82, 2.24) is 24.6 Å². The number of benzene rings is 1. The van der Waals surface area contributed by atoms with E-state index in [4.69, 9.17) is 21.1 Å². The van der Waals surface area contributed by atoms with Crippen molar-refractivity contribution in [3.05, 3.63) is 58.5 Å². The Morgan fingerprint density at radius 1 is 1.11 bits per heavy atom. The minimum absolute atomic E-state index is 0.0117. The summed E-state index contributed by atoms with van der Waals surface area (Å²) in [7, 11) is 1.48. The average molecular weight is 553 g/mol. The minimum Gasteiger partial charge on any atom is -0.493 e. The molecule has 3 aliphatic heterocycles. The number of piperidine rings is 1. The molecule has 0 bridgehead atoms. The molecule has 8 nitrogen and oxygen atoms in total. The third kappa shape index (κ3) is 4.09. The van der Waals surface area contributed by atoms with Crippen LogP contribution in [0.15, 0.2) is 30.5 Å². The Balaban J connectivity index is 1.32. The molecule has 0 atom stereocenters. The molecule has 38 heavy (non-hydrogen) atoms. The lowest BCUT2D eigenvalue weighted by molar-refractivity contribution is -0.310. The lowest BCUT2D eigenvalue weighted by atomic mass is 9.93. The summed E-state index contributed by atoms with van der Waals surface area (Å²) in [5, 5.41) is 9.30. The van der Waals surface area contributed by atoms with E-state index in [0.717, 1.165) is 11.9 Å². The zero-order valence-corrected chi connectivity index (χ0v) is 21.3. The molecule has 0 unspecified atom stereocenters. The normalized spacial score (nSPS) is 19.9. The third-order valence-electron chi connectivity index (χ3n) is 7.72. The van der Waals surface area contributed by atoms with Gasteiger partial charge in [-0.1, -0.05) is 11.6 Å². The van der Waals surface area contributed by atoms with Crippen LogP contribution in [0.3, 0.4) is 0 Å². The summed E-state index contributed by atoms with van der Waals surface area (Å²) < 4.78 is 68.6. The van der Waals surface area contributed by atoms with Crippen molar-refractivity contribution in [3.8, 4) is 11.4 Å². The van der Waals surface area contributed by atoms with E-state index in [1.54, 1.807) is 12.1 Å². The fourth-order valence-corrected chi connectivity index (χ4v) is 5.76. The van der Waals surface area contributed by atoms with Crippen LogP contribution in [0.5, 0.6) is 5.75 Å². The Kier molecular flexibility index (Phi) is 6.23. The van der Waals surface area contributed by atoms with Gasteiger partial charge in [0.15, 0.2) is 22.9 Å². The van der Waals surface area contributed by atoms with Crippen LogP contribution in [-0.4, -0.2) is 69.8 Å². The molecule has 2 saturated heterocycles. The van der Waals surface area contributed by atoms with Gasteiger partial charge in [0.25, 0.3) is 0 Å². The van der Waals surface area contributed by atoms with E-state index in [1.165, 1.54) is 18.1 Å². The number of methoxy groups -OCH3 is 1. The van der Waals surface area contributed by atoms with E-state index in [9.17, 15) is 17.6 Å².